The first-order chi connectivity index (χ1) is 7.40. The molecular weight excluding hydrogens is 232 g/mol. The second-order valence-corrected chi connectivity index (χ2v) is 5.49. The maximum atomic E-state index is 11.6. The Kier molecular flexibility index (Phi) is 6.69. The van der Waals surface area contributed by atoms with Gasteiger partial charge in [0.05, 0.1) is 19.1 Å². The van der Waals surface area contributed by atoms with Crippen LogP contribution in [-0.2, 0) is 19.4 Å². The standard InChI is InChI=1S/C9H16N2O4S/c1-15-7-6-11(5-3-4-10)9(12)8-16(2,13)14/h3,5-8H2,1-2H3. The molecule has 0 radical (unpaired) electrons. The van der Waals surface area contributed by atoms with Crippen LogP contribution in [0.4, 0.5) is 0 Å². The zero-order valence-corrected chi connectivity index (χ0v) is 10.3. The van der Waals surface area contributed by atoms with E-state index >= 15 is 0 Å². The monoisotopic (exact) mass is 248 g/mol. The number of nitriles is 1. The SMILES string of the molecule is COCCN(CCC#N)C(=O)CS(C)(=O)=O. The van der Waals surface area contributed by atoms with Crippen molar-refractivity contribution in [3.63, 3.8) is 0 Å². The fourth-order valence-electron chi connectivity index (χ4n) is 1.06. The Bertz CT molecular complexity index is 358. The summed E-state index contributed by atoms with van der Waals surface area (Å²) < 4.78 is 26.7. The molecule has 0 aromatic heterocycles. The van der Waals surface area contributed by atoms with Gasteiger partial charge in [0.2, 0.25) is 5.91 Å². The molecule has 0 aromatic carbocycles. The van der Waals surface area contributed by atoms with Gasteiger partial charge in [-0.15, -0.1) is 0 Å². The first-order valence-electron chi connectivity index (χ1n) is 4.72. The molecule has 16 heavy (non-hydrogen) atoms. The van der Waals surface area contributed by atoms with E-state index in [1.165, 1.54) is 12.0 Å². The third-order valence-corrected chi connectivity index (χ3v) is 2.57. The Balaban J connectivity index is 4.38. The summed E-state index contributed by atoms with van der Waals surface area (Å²) in [7, 11) is -1.84. The molecule has 92 valence electrons. The molecule has 0 rings (SSSR count). The molecule has 7 heteroatoms. The van der Waals surface area contributed by atoms with Crippen molar-refractivity contribution in [2.75, 3.05) is 38.8 Å². The number of nitrogens with zero attached hydrogens (tertiary/aromatic N) is 2. The lowest BCUT2D eigenvalue weighted by atomic mass is 10.4. The second-order valence-electron chi connectivity index (χ2n) is 3.35. The quantitative estimate of drug-likeness (QED) is 0.601. The highest BCUT2D eigenvalue weighted by atomic mass is 32.2. The molecule has 1 amide bonds. The second kappa shape index (κ2) is 7.19. The van der Waals surface area contributed by atoms with E-state index in [4.69, 9.17) is 10.00 Å². The van der Waals surface area contributed by atoms with Gasteiger partial charge in [-0.2, -0.15) is 5.26 Å². The molecule has 0 spiro atoms. The molecule has 0 aliphatic heterocycles. The summed E-state index contributed by atoms with van der Waals surface area (Å²) in [6, 6.07) is 1.91. The van der Waals surface area contributed by atoms with E-state index in [-0.39, 0.29) is 13.0 Å². The Labute approximate surface area is 95.7 Å². The Morgan fingerprint density at radius 3 is 2.50 bits per heavy atom. The van der Waals surface area contributed by atoms with Gasteiger partial charge in [-0.3, -0.25) is 4.79 Å². The number of hydrogen-bond acceptors (Lipinski definition) is 5. The van der Waals surface area contributed by atoms with Gasteiger partial charge in [-0.05, 0) is 0 Å². The Morgan fingerprint density at radius 2 is 2.06 bits per heavy atom. The van der Waals surface area contributed by atoms with Crippen molar-refractivity contribution in [1.82, 2.24) is 4.90 Å². The van der Waals surface area contributed by atoms with E-state index < -0.39 is 21.5 Å². The average Bonchev–Trinajstić information content (AvgIpc) is 2.15. The van der Waals surface area contributed by atoms with Gasteiger partial charge in [0.25, 0.3) is 0 Å². The molecule has 0 saturated carbocycles. The minimum absolute atomic E-state index is 0.180. The van der Waals surface area contributed by atoms with E-state index in [1.807, 2.05) is 6.07 Å². The molecule has 0 fully saturated rings. The minimum Gasteiger partial charge on any atom is -0.383 e. The predicted octanol–water partition coefficient (Wildman–Crippen LogP) is -0.580. The summed E-state index contributed by atoms with van der Waals surface area (Å²) >= 11 is 0. The number of hydrogen-bond donors (Lipinski definition) is 0. The van der Waals surface area contributed by atoms with Crippen LogP contribution in [0.5, 0.6) is 0 Å². The number of carbonyl (C=O) groups is 1. The molecule has 0 saturated heterocycles. The van der Waals surface area contributed by atoms with Gasteiger partial charge in [-0.25, -0.2) is 8.42 Å². The summed E-state index contributed by atoms with van der Waals surface area (Å²) in [4.78, 5) is 12.9. The van der Waals surface area contributed by atoms with Crippen LogP contribution >= 0.6 is 0 Å². The third kappa shape index (κ3) is 7.20. The van der Waals surface area contributed by atoms with Crippen molar-refractivity contribution >= 4 is 15.7 Å². The lowest BCUT2D eigenvalue weighted by molar-refractivity contribution is -0.129. The van der Waals surface area contributed by atoms with Crippen LogP contribution in [0.3, 0.4) is 0 Å². The molecule has 0 atom stereocenters. The average molecular weight is 248 g/mol. The fraction of sp³-hybridized carbons (Fsp3) is 0.778. The smallest absolute Gasteiger partial charge is 0.237 e. The van der Waals surface area contributed by atoms with Crippen molar-refractivity contribution in [2.45, 2.75) is 6.42 Å². The summed E-state index contributed by atoms with van der Waals surface area (Å²) in [6.45, 7) is 0.849. The van der Waals surface area contributed by atoms with Crippen molar-refractivity contribution in [1.29, 1.82) is 5.26 Å². The minimum atomic E-state index is -3.33. The number of ether oxygens (including phenoxy) is 1. The van der Waals surface area contributed by atoms with Gasteiger partial charge >= 0.3 is 0 Å². The first-order valence-corrected chi connectivity index (χ1v) is 6.78. The van der Waals surface area contributed by atoms with E-state index in [1.54, 1.807) is 0 Å². The lowest BCUT2D eigenvalue weighted by Crippen LogP contribution is -2.38. The predicted molar refractivity (Wildman–Crippen MR) is 58.4 cm³/mol. The number of amides is 1. The lowest BCUT2D eigenvalue weighted by Gasteiger charge is -2.20. The normalized spacial score (nSPS) is 10.8. The maximum absolute atomic E-state index is 11.6. The van der Waals surface area contributed by atoms with Crippen molar-refractivity contribution in [3.8, 4) is 6.07 Å². The number of sulfone groups is 1. The first kappa shape index (κ1) is 14.9. The van der Waals surface area contributed by atoms with Crippen LogP contribution in [0.25, 0.3) is 0 Å². The topological polar surface area (TPSA) is 87.5 Å². The van der Waals surface area contributed by atoms with Gasteiger partial charge in [0.1, 0.15) is 5.75 Å². The number of methoxy groups -OCH3 is 1. The summed E-state index contributed by atoms with van der Waals surface area (Å²) in [5, 5.41) is 8.42. The highest BCUT2D eigenvalue weighted by Gasteiger charge is 2.17. The van der Waals surface area contributed by atoms with Crippen molar-refractivity contribution in [3.05, 3.63) is 0 Å². The van der Waals surface area contributed by atoms with E-state index in [0.29, 0.717) is 13.2 Å². The van der Waals surface area contributed by atoms with Gasteiger partial charge in [0, 0.05) is 26.5 Å². The fourth-order valence-corrected chi connectivity index (χ4v) is 1.69. The third-order valence-electron chi connectivity index (χ3n) is 1.80. The molecule has 0 N–H and O–H groups in total. The van der Waals surface area contributed by atoms with Crippen LogP contribution in [0, 0.1) is 11.3 Å². The maximum Gasteiger partial charge on any atom is 0.237 e. The largest absolute Gasteiger partial charge is 0.383 e. The van der Waals surface area contributed by atoms with Gasteiger partial charge in [-0.1, -0.05) is 0 Å². The van der Waals surface area contributed by atoms with Gasteiger partial charge < -0.3 is 9.64 Å². The summed E-state index contributed by atoms with van der Waals surface area (Å²) in [6.07, 6.45) is 1.18. The summed E-state index contributed by atoms with van der Waals surface area (Å²) in [5.41, 5.74) is 0. The molecular formula is C9H16N2O4S. The highest BCUT2D eigenvalue weighted by Crippen LogP contribution is 1.96. The Hall–Kier alpha value is -1.13. The van der Waals surface area contributed by atoms with Crippen LogP contribution in [0.2, 0.25) is 0 Å². The number of carbonyl (C=O) groups excluding carboxylic acids is 1. The molecule has 6 nitrogen and oxygen atoms in total. The zero-order chi connectivity index (χ0) is 12.6. The molecule has 0 unspecified atom stereocenters. The molecule has 0 aliphatic carbocycles. The molecule has 0 aromatic rings. The van der Waals surface area contributed by atoms with Gasteiger partial charge in [0.15, 0.2) is 9.84 Å². The van der Waals surface area contributed by atoms with Crippen LogP contribution < -0.4 is 0 Å². The molecule has 0 aliphatic rings. The molecule has 0 bridgehead atoms. The van der Waals surface area contributed by atoms with E-state index in [0.717, 1.165) is 6.26 Å². The van der Waals surface area contributed by atoms with Crippen molar-refractivity contribution in [2.24, 2.45) is 0 Å². The van der Waals surface area contributed by atoms with Crippen LogP contribution in [0.1, 0.15) is 6.42 Å². The van der Waals surface area contributed by atoms with Crippen LogP contribution in [-0.4, -0.2) is 58.0 Å². The summed E-state index contributed by atoms with van der Waals surface area (Å²) in [5.74, 6) is -1.02. The van der Waals surface area contributed by atoms with E-state index in [2.05, 4.69) is 0 Å². The highest BCUT2D eigenvalue weighted by molar-refractivity contribution is 7.91. The Morgan fingerprint density at radius 1 is 1.44 bits per heavy atom. The molecule has 0 heterocycles. The van der Waals surface area contributed by atoms with Crippen LogP contribution in [0.15, 0.2) is 0 Å². The number of rotatable bonds is 7. The van der Waals surface area contributed by atoms with E-state index in [9.17, 15) is 13.2 Å². The van der Waals surface area contributed by atoms with Crippen molar-refractivity contribution < 1.29 is 17.9 Å². The zero-order valence-electron chi connectivity index (χ0n) is 9.47.